The highest BCUT2D eigenvalue weighted by atomic mass is 35.5. The molecule has 0 radical (unpaired) electrons. The number of rotatable bonds is 2. The lowest BCUT2D eigenvalue weighted by Crippen LogP contribution is -2.13. The maximum atomic E-state index is 10.8. The lowest BCUT2D eigenvalue weighted by Gasteiger charge is -2.17. The van der Waals surface area contributed by atoms with Crippen LogP contribution in [0.25, 0.3) is 0 Å². The van der Waals surface area contributed by atoms with Crippen LogP contribution in [0.15, 0.2) is 6.07 Å². The van der Waals surface area contributed by atoms with E-state index in [0.717, 1.165) is 0 Å². The Bertz CT molecular complexity index is 487. The molecular formula is C11H11ClO6. The number of benzene rings is 1. The van der Waals surface area contributed by atoms with Gasteiger partial charge in [0.1, 0.15) is 5.75 Å². The fourth-order valence-corrected chi connectivity index (χ4v) is 1.87. The second-order valence-corrected chi connectivity index (χ2v) is 4.15. The summed E-state index contributed by atoms with van der Waals surface area (Å²) >= 11 is 5.76. The van der Waals surface area contributed by atoms with Crippen LogP contribution in [0.5, 0.6) is 17.2 Å². The molecule has 1 atom stereocenters. The summed E-state index contributed by atoms with van der Waals surface area (Å²) in [6.45, 7) is 0.685. The number of aliphatic hydroxyl groups excluding tert-OH is 1. The van der Waals surface area contributed by atoms with Crippen LogP contribution in [0.3, 0.4) is 0 Å². The molecule has 0 amide bonds. The number of phenolic OH excluding ortho intramolecular Hbond substituents is 1. The Morgan fingerprint density at radius 1 is 1.39 bits per heavy atom. The molecule has 1 unspecified atom stereocenters. The molecule has 0 fully saturated rings. The molecule has 18 heavy (non-hydrogen) atoms. The van der Waals surface area contributed by atoms with Crippen LogP contribution in [-0.2, 0) is 4.79 Å². The summed E-state index contributed by atoms with van der Waals surface area (Å²) in [7, 11) is 0. The first kappa shape index (κ1) is 12.8. The summed E-state index contributed by atoms with van der Waals surface area (Å²) in [5.74, 6) is -1.80. The number of carbonyl (C=O) groups is 1. The monoisotopic (exact) mass is 274 g/mol. The third-order valence-corrected chi connectivity index (χ3v) is 2.80. The lowest BCUT2D eigenvalue weighted by molar-refractivity contribution is -0.147. The zero-order valence-electron chi connectivity index (χ0n) is 9.22. The molecule has 7 heteroatoms. The lowest BCUT2D eigenvalue weighted by atomic mass is 10.1. The van der Waals surface area contributed by atoms with Gasteiger partial charge in [0.25, 0.3) is 0 Å². The van der Waals surface area contributed by atoms with Crippen molar-refractivity contribution in [2.24, 2.45) is 0 Å². The minimum Gasteiger partial charge on any atom is -0.506 e. The summed E-state index contributed by atoms with van der Waals surface area (Å²) in [6, 6.07) is 1.33. The maximum Gasteiger partial charge on any atom is 0.337 e. The summed E-state index contributed by atoms with van der Waals surface area (Å²) in [5.41, 5.74) is -0.285. The Morgan fingerprint density at radius 3 is 2.72 bits per heavy atom. The summed E-state index contributed by atoms with van der Waals surface area (Å²) in [4.78, 5) is 10.8. The minimum atomic E-state index is -1.93. The smallest absolute Gasteiger partial charge is 0.337 e. The van der Waals surface area contributed by atoms with E-state index in [1.807, 2.05) is 0 Å². The van der Waals surface area contributed by atoms with Crippen molar-refractivity contribution in [2.75, 3.05) is 13.2 Å². The first-order valence-corrected chi connectivity index (χ1v) is 5.62. The number of carboxylic acid groups (broad SMARTS) is 1. The van der Waals surface area contributed by atoms with Crippen LogP contribution in [-0.4, -0.2) is 34.5 Å². The van der Waals surface area contributed by atoms with Gasteiger partial charge in [0, 0.05) is 12.5 Å². The van der Waals surface area contributed by atoms with E-state index in [9.17, 15) is 15.0 Å². The summed E-state index contributed by atoms with van der Waals surface area (Å²) in [6.07, 6.45) is -1.32. The fourth-order valence-electron chi connectivity index (χ4n) is 1.67. The number of fused-ring (bicyclic) bond motifs is 1. The Labute approximate surface area is 107 Å². The average molecular weight is 275 g/mol. The van der Waals surface area contributed by atoms with Crippen LogP contribution in [0.1, 0.15) is 18.1 Å². The van der Waals surface area contributed by atoms with Gasteiger partial charge in [0.05, 0.1) is 23.8 Å². The van der Waals surface area contributed by atoms with Gasteiger partial charge in [0.2, 0.25) is 0 Å². The molecule has 1 aliphatic heterocycles. The van der Waals surface area contributed by atoms with E-state index in [0.29, 0.717) is 19.6 Å². The minimum absolute atomic E-state index is 0.0179. The number of carboxylic acids is 1. The summed E-state index contributed by atoms with van der Waals surface area (Å²) in [5, 5.41) is 28.1. The molecule has 0 bridgehead atoms. The standard InChI is InChI=1S/C11H11ClO6/c12-5-4-6-10(18-3-1-2-17-6)7(8(5)13)9(14)11(15)16/h4,9,13-14H,1-3H2,(H,15,16). The number of aliphatic hydroxyl groups is 1. The number of phenols is 1. The van der Waals surface area contributed by atoms with E-state index in [1.165, 1.54) is 6.07 Å². The van der Waals surface area contributed by atoms with E-state index in [2.05, 4.69) is 0 Å². The zero-order valence-corrected chi connectivity index (χ0v) is 9.98. The van der Waals surface area contributed by atoms with Gasteiger partial charge in [0.15, 0.2) is 17.6 Å². The molecule has 3 N–H and O–H groups in total. The van der Waals surface area contributed by atoms with Crippen molar-refractivity contribution >= 4 is 17.6 Å². The average Bonchev–Trinajstić information content (AvgIpc) is 2.55. The Balaban J connectivity index is 2.61. The van der Waals surface area contributed by atoms with E-state index in [-0.39, 0.29) is 22.1 Å². The number of aliphatic carboxylic acids is 1. The highest BCUT2D eigenvalue weighted by Crippen LogP contribution is 2.46. The molecule has 0 aromatic heterocycles. The largest absolute Gasteiger partial charge is 0.506 e. The quantitative estimate of drug-likeness (QED) is 0.753. The van der Waals surface area contributed by atoms with Crippen molar-refractivity contribution in [1.82, 2.24) is 0 Å². The van der Waals surface area contributed by atoms with Crippen LogP contribution < -0.4 is 9.47 Å². The number of halogens is 1. The van der Waals surface area contributed by atoms with Crippen molar-refractivity contribution in [3.63, 3.8) is 0 Å². The SMILES string of the molecule is O=C(O)C(O)c1c(O)c(Cl)cc2c1OCCCO2. The first-order valence-electron chi connectivity index (χ1n) is 5.24. The first-order chi connectivity index (χ1) is 8.52. The van der Waals surface area contributed by atoms with Crippen molar-refractivity contribution in [2.45, 2.75) is 12.5 Å². The highest BCUT2D eigenvalue weighted by molar-refractivity contribution is 6.32. The molecule has 98 valence electrons. The van der Waals surface area contributed by atoms with Gasteiger partial charge in [-0.2, -0.15) is 0 Å². The van der Waals surface area contributed by atoms with Gasteiger partial charge in [-0.05, 0) is 0 Å². The van der Waals surface area contributed by atoms with Gasteiger partial charge < -0.3 is 24.8 Å². The number of hydrogen-bond donors (Lipinski definition) is 3. The van der Waals surface area contributed by atoms with E-state index in [1.54, 1.807) is 0 Å². The number of aromatic hydroxyl groups is 1. The molecule has 0 spiro atoms. The van der Waals surface area contributed by atoms with Crippen LogP contribution in [0, 0.1) is 0 Å². The molecule has 1 heterocycles. The van der Waals surface area contributed by atoms with Gasteiger partial charge >= 0.3 is 5.97 Å². The van der Waals surface area contributed by atoms with Gasteiger partial charge in [-0.3, -0.25) is 0 Å². The van der Waals surface area contributed by atoms with Gasteiger partial charge in [-0.1, -0.05) is 11.6 Å². The maximum absolute atomic E-state index is 10.8. The molecule has 6 nitrogen and oxygen atoms in total. The molecule has 2 rings (SSSR count). The fraction of sp³-hybridized carbons (Fsp3) is 0.364. The van der Waals surface area contributed by atoms with E-state index < -0.39 is 17.8 Å². The molecule has 0 aliphatic carbocycles. The van der Waals surface area contributed by atoms with Crippen LogP contribution in [0.4, 0.5) is 0 Å². The van der Waals surface area contributed by atoms with Gasteiger partial charge in [-0.25, -0.2) is 4.79 Å². The Hall–Kier alpha value is -1.66. The van der Waals surface area contributed by atoms with Crippen molar-refractivity contribution in [3.05, 3.63) is 16.7 Å². The highest BCUT2D eigenvalue weighted by Gasteiger charge is 2.30. The van der Waals surface area contributed by atoms with Crippen molar-refractivity contribution in [1.29, 1.82) is 0 Å². The Kier molecular flexibility index (Phi) is 3.49. The van der Waals surface area contributed by atoms with Gasteiger partial charge in [-0.15, -0.1) is 0 Å². The Morgan fingerprint density at radius 2 is 2.06 bits per heavy atom. The zero-order chi connectivity index (χ0) is 13.3. The number of ether oxygens (including phenoxy) is 2. The number of hydrogen-bond acceptors (Lipinski definition) is 5. The topological polar surface area (TPSA) is 96.2 Å². The second kappa shape index (κ2) is 4.91. The molecule has 1 aliphatic rings. The predicted molar refractivity (Wildman–Crippen MR) is 61.3 cm³/mol. The van der Waals surface area contributed by atoms with Crippen molar-refractivity contribution in [3.8, 4) is 17.2 Å². The van der Waals surface area contributed by atoms with E-state index >= 15 is 0 Å². The third-order valence-electron chi connectivity index (χ3n) is 2.51. The normalized spacial score (nSPS) is 15.9. The van der Waals surface area contributed by atoms with Crippen LogP contribution in [0.2, 0.25) is 5.02 Å². The molecule has 0 saturated carbocycles. The predicted octanol–water partition coefficient (Wildman–Crippen LogP) is 1.32. The summed E-state index contributed by atoms with van der Waals surface area (Å²) < 4.78 is 10.6. The molecule has 0 saturated heterocycles. The molecule has 1 aromatic carbocycles. The molecular weight excluding hydrogens is 264 g/mol. The van der Waals surface area contributed by atoms with E-state index in [4.69, 9.17) is 26.2 Å². The third kappa shape index (κ3) is 2.16. The van der Waals surface area contributed by atoms with Crippen LogP contribution >= 0.6 is 11.6 Å². The van der Waals surface area contributed by atoms with Crippen molar-refractivity contribution < 1.29 is 29.6 Å². The second-order valence-electron chi connectivity index (χ2n) is 3.74. The molecule has 1 aromatic rings.